The largest absolute Gasteiger partial charge is 0.497 e. The van der Waals surface area contributed by atoms with Gasteiger partial charge in [0.15, 0.2) is 0 Å². The molecule has 1 aromatic heterocycles. The van der Waals surface area contributed by atoms with Crippen LogP contribution < -0.4 is 19.7 Å². The maximum Gasteiger partial charge on any atom is 0.329 e. The number of hydrogen-bond donors (Lipinski definition) is 1. The zero-order valence-corrected chi connectivity index (χ0v) is 12.7. The van der Waals surface area contributed by atoms with E-state index in [2.05, 4.69) is 10.3 Å². The van der Waals surface area contributed by atoms with Gasteiger partial charge in [-0.3, -0.25) is 4.79 Å². The minimum absolute atomic E-state index is 0.0359. The van der Waals surface area contributed by atoms with Gasteiger partial charge in [-0.2, -0.15) is 0 Å². The van der Waals surface area contributed by atoms with E-state index in [0.29, 0.717) is 22.7 Å². The molecule has 0 unspecified atom stereocenters. The van der Waals surface area contributed by atoms with Gasteiger partial charge in [-0.1, -0.05) is 6.07 Å². The fourth-order valence-corrected chi connectivity index (χ4v) is 2.30. The molecule has 0 radical (unpaired) electrons. The van der Waals surface area contributed by atoms with E-state index in [-0.39, 0.29) is 18.3 Å². The normalized spacial score (nSPS) is 13.9. The van der Waals surface area contributed by atoms with Crippen molar-refractivity contribution in [3.8, 4) is 17.4 Å². The summed E-state index contributed by atoms with van der Waals surface area (Å²) in [4.78, 5) is 29.1. The Morgan fingerprint density at radius 1 is 1.22 bits per heavy atom. The lowest BCUT2D eigenvalue weighted by molar-refractivity contribution is -0.115. The van der Waals surface area contributed by atoms with Crippen LogP contribution in [0.4, 0.5) is 10.5 Å². The minimum Gasteiger partial charge on any atom is -0.497 e. The Kier molecular flexibility index (Phi) is 3.84. The van der Waals surface area contributed by atoms with Crippen LogP contribution in [0.15, 0.2) is 36.5 Å². The van der Waals surface area contributed by atoms with Crippen LogP contribution in [0.25, 0.3) is 0 Å². The van der Waals surface area contributed by atoms with Crippen LogP contribution in [-0.2, 0) is 4.79 Å². The molecule has 0 atom stereocenters. The van der Waals surface area contributed by atoms with Crippen LogP contribution in [0.3, 0.4) is 0 Å². The molecule has 1 aliphatic heterocycles. The molecule has 23 heavy (non-hydrogen) atoms. The summed E-state index contributed by atoms with van der Waals surface area (Å²) in [5.41, 5.74) is 1.05. The van der Waals surface area contributed by atoms with Gasteiger partial charge in [0.2, 0.25) is 5.88 Å². The number of amides is 3. The monoisotopic (exact) mass is 313 g/mol. The van der Waals surface area contributed by atoms with E-state index in [1.54, 1.807) is 50.6 Å². The lowest BCUT2D eigenvalue weighted by Crippen LogP contribution is -2.31. The molecule has 118 valence electrons. The molecule has 0 saturated carbocycles. The number of rotatable bonds is 4. The number of aromatic nitrogens is 1. The number of imide groups is 1. The molecule has 3 rings (SSSR count). The average Bonchev–Trinajstić information content (AvgIpc) is 2.87. The predicted molar refractivity (Wildman–Crippen MR) is 82.9 cm³/mol. The molecule has 7 nitrogen and oxygen atoms in total. The maximum absolute atomic E-state index is 12.0. The average molecular weight is 313 g/mol. The fourth-order valence-electron chi connectivity index (χ4n) is 2.30. The quantitative estimate of drug-likeness (QED) is 0.876. The zero-order chi connectivity index (χ0) is 16.4. The molecule has 7 heteroatoms. The van der Waals surface area contributed by atoms with Gasteiger partial charge in [0, 0.05) is 12.3 Å². The SMILES string of the molecule is COc1cccc(Oc2nccc(C)c2N2C(=O)CNC2=O)c1. The van der Waals surface area contributed by atoms with Gasteiger partial charge in [0.05, 0.1) is 13.7 Å². The van der Waals surface area contributed by atoms with Crippen LogP contribution in [0.2, 0.25) is 0 Å². The number of nitrogens with one attached hydrogen (secondary N) is 1. The molecule has 1 fully saturated rings. The Balaban J connectivity index is 2.01. The van der Waals surface area contributed by atoms with Gasteiger partial charge < -0.3 is 14.8 Å². The first kappa shape index (κ1) is 14.8. The third kappa shape index (κ3) is 2.80. The van der Waals surface area contributed by atoms with E-state index >= 15 is 0 Å². The molecule has 1 aromatic carbocycles. The van der Waals surface area contributed by atoms with E-state index < -0.39 is 6.03 Å². The minimum atomic E-state index is -0.485. The second-order valence-corrected chi connectivity index (χ2v) is 4.95. The van der Waals surface area contributed by atoms with Crippen molar-refractivity contribution >= 4 is 17.6 Å². The Morgan fingerprint density at radius 3 is 2.70 bits per heavy atom. The van der Waals surface area contributed by atoms with E-state index in [1.807, 2.05) is 0 Å². The maximum atomic E-state index is 12.0. The second-order valence-electron chi connectivity index (χ2n) is 4.95. The molecule has 2 aromatic rings. The van der Waals surface area contributed by atoms with E-state index in [9.17, 15) is 9.59 Å². The lowest BCUT2D eigenvalue weighted by atomic mass is 10.2. The number of ether oxygens (including phenoxy) is 2. The van der Waals surface area contributed by atoms with Crippen molar-refractivity contribution < 1.29 is 19.1 Å². The number of pyridine rings is 1. The number of nitrogens with zero attached hydrogens (tertiary/aromatic N) is 2. The molecule has 3 amide bonds. The van der Waals surface area contributed by atoms with Crippen molar-refractivity contribution in [1.82, 2.24) is 10.3 Å². The zero-order valence-electron chi connectivity index (χ0n) is 12.7. The first-order valence-electron chi connectivity index (χ1n) is 6.98. The topological polar surface area (TPSA) is 80.8 Å². The lowest BCUT2D eigenvalue weighted by Gasteiger charge is -2.18. The molecule has 1 N–H and O–H groups in total. The van der Waals surface area contributed by atoms with Gasteiger partial charge in [-0.25, -0.2) is 14.7 Å². The number of carbonyl (C=O) groups excluding carboxylic acids is 2. The molecule has 2 heterocycles. The van der Waals surface area contributed by atoms with Crippen LogP contribution in [0.5, 0.6) is 17.4 Å². The van der Waals surface area contributed by atoms with Crippen LogP contribution >= 0.6 is 0 Å². The number of aryl methyl sites for hydroxylation is 1. The standard InChI is InChI=1S/C16H15N3O4/c1-10-6-7-17-15(14(10)19-13(20)9-18-16(19)21)23-12-5-3-4-11(8-12)22-2/h3-8H,9H2,1-2H3,(H,18,21). The third-order valence-corrected chi connectivity index (χ3v) is 3.42. The molecule has 0 aliphatic carbocycles. The molecule has 0 spiro atoms. The van der Waals surface area contributed by atoms with Crippen LogP contribution in [0.1, 0.15) is 5.56 Å². The highest BCUT2D eigenvalue weighted by molar-refractivity contribution is 6.20. The first-order chi connectivity index (χ1) is 11.1. The molecular weight excluding hydrogens is 298 g/mol. The summed E-state index contributed by atoms with van der Waals surface area (Å²) in [5.74, 6) is 0.965. The summed E-state index contributed by atoms with van der Waals surface area (Å²) in [7, 11) is 1.56. The smallest absolute Gasteiger partial charge is 0.329 e. The van der Waals surface area contributed by atoms with Crippen molar-refractivity contribution in [2.75, 3.05) is 18.6 Å². The van der Waals surface area contributed by atoms with Gasteiger partial charge in [0.25, 0.3) is 5.91 Å². The number of hydrogen-bond acceptors (Lipinski definition) is 5. The molecule has 0 bridgehead atoms. The van der Waals surface area contributed by atoms with E-state index in [1.165, 1.54) is 0 Å². The van der Waals surface area contributed by atoms with Crippen molar-refractivity contribution in [2.24, 2.45) is 0 Å². The van der Waals surface area contributed by atoms with Gasteiger partial charge in [-0.15, -0.1) is 0 Å². The number of anilines is 1. The summed E-state index contributed by atoms with van der Waals surface area (Å²) < 4.78 is 10.9. The Bertz CT molecular complexity index is 760. The van der Waals surface area contributed by atoms with Gasteiger partial charge in [-0.05, 0) is 30.7 Å². The Hall–Kier alpha value is -3.09. The summed E-state index contributed by atoms with van der Waals surface area (Å²) >= 11 is 0. The summed E-state index contributed by atoms with van der Waals surface area (Å²) in [6.45, 7) is 1.75. The first-order valence-corrected chi connectivity index (χ1v) is 6.98. The highest BCUT2D eigenvalue weighted by atomic mass is 16.5. The van der Waals surface area contributed by atoms with E-state index in [4.69, 9.17) is 9.47 Å². The summed E-state index contributed by atoms with van der Waals surface area (Å²) in [5, 5.41) is 2.49. The highest BCUT2D eigenvalue weighted by Gasteiger charge is 2.34. The third-order valence-electron chi connectivity index (χ3n) is 3.42. The summed E-state index contributed by atoms with van der Waals surface area (Å²) in [6, 6.07) is 8.22. The fraction of sp³-hybridized carbons (Fsp3) is 0.188. The molecule has 1 saturated heterocycles. The molecular formula is C16H15N3O4. The van der Waals surface area contributed by atoms with Crippen LogP contribution in [0, 0.1) is 6.92 Å². The Morgan fingerprint density at radius 2 is 2.00 bits per heavy atom. The number of carbonyl (C=O) groups is 2. The molecule has 1 aliphatic rings. The van der Waals surface area contributed by atoms with Crippen molar-refractivity contribution in [2.45, 2.75) is 6.92 Å². The number of methoxy groups -OCH3 is 1. The second kappa shape index (κ2) is 5.96. The van der Waals surface area contributed by atoms with Gasteiger partial charge >= 0.3 is 6.03 Å². The van der Waals surface area contributed by atoms with E-state index in [0.717, 1.165) is 4.90 Å². The van der Waals surface area contributed by atoms with Crippen molar-refractivity contribution in [3.63, 3.8) is 0 Å². The predicted octanol–water partition coefficient (Wildman–Crippen LogP) is 2.25. The van der Waals surface area contributed by atoms with Crippen molar-refractivity contribution in [3.05, 3.63) is 42.1 Å². The Labute approximate surface area is 132 Å². The highest BCUT2D eigenvalue weighted by Crippen LogP contribution is 2.35. The number of benzene rings is 1. The van der Waals surface area contributed by atoms with Gasteiger partial charge in [0.1, 0.15) is 17.2 Å². The summed E-state index contributed by atoms with van der Waals surface area (Å²) in [6.07, 6.45) is 1.56. The van der Waals surface area contributed by atoms with Crippen LogP contribution in [-0.4, -0.2) is 30.6 Å². The van der Waals surface area contributed by atoms with Crippen molar-refractivity contribution in [1.29, 1.82) is 0 Å². The number of urea groups is 1.